The molecule has 0 amide bonds. The van der Waals surface area contributed by atoms with Gasteiger partial charge in [-0.25, -0.2) is 9.55 Å². The number of hydrogen-bond donors (Lipinski definition) is 4. The van der Waals surface area contributed by atoms with E-state index in [1.807, 2.05) is 0 Å². The van der Waals surface area contributed by atoms with Gasteiger partial charge in [0.15, 0.2) is 11.2 Å². The summed E-state index contributed by atoms with van der Waals surface area (Å²) in [6.45, 7) is -0.219. The molecule has 1 fully saturated rings. The van der Waals surface area contributed by atoms with Crippen LogP contribution >= 0.6 is 7.82 Å². The third kappa shape index (κ3) is 3.03. The molecular formula is C10H14N5O6P. The third-order valence-electron chi connectivity index (χ3n) is 3.27. The fraction of sp³-hybridized carbons (Fsp3) is 0.500. The lowest BCUT2D eigenvalue weighted by Crippen LogP contribution is -2.17. The van der Waals surface area contributed by atoms with E-state index in [9.17, 15) is 9.36 Å². The lowest BCUT2D eigenvalue weighted by Gasteiger charge is -2.15. The van der Waals surface area contributed by atoms with Gasteiger partial charge in [0.25, 0.3) is 5.56 Å². The molecule has 0 bridgehead atoms. The van der Waals surface area contributed by atoms with E-state index in [0.717, 1.165) is 0 Å². The number of phosphoric ester groups is 1. The van der Waals surface area contributed by atoms with Crippen molar-refractivity contribution in [3.8, 4) is 0 Å². The summed E-state index contributed by atoms with van der Waals surface area (Å²) in [4.78, 5) is 39.4. The van der Waals surface area contributed by atoms with Crippen LogP contribution in [0.25, 0.3) is 11.2 Å². The molecule has 1 saturated heterocycles. The summed E-state index contributed by atoms with van der Waals surface area (Å²) in [6, 6.07) is 0. The van der Waals surface area contributed by atoms with Gasteiger partial charge in [0.2, 0.25) is 5.95 Å². The Hall–Kier alpha value is -1.78. The third-order valence-corrected chi connectivity index (χ3v) is 3.76. The topological polar surface area (TPSA) is 166 Å². The molecule has 12 heteroatoms. The van der Waals surface area contributed by atoms with Gasteiger partial charge in [-0.2, -0.15) is 4.98 Å². The van der Waals surface area contributed by atoms with Crippen molar-refractivity contribution in [1.82, 2.24) is 19.5 Å². The second kappa shape index (κ2) is 5.45. The number of nitrogens with two attached hydrogens (primary N) is 1. The highest BCUT2D eigenvalue weighted by molar-refractivity contribution is 7.46. The van der Waals surface area contributed by atoms with Gasteiger partial charge in [0, 0.05) is 0 Å². The van der Waals surface area contributed by atoms with Crippen molar-refractivity contribution in [2.45, 2.75) is 25.2 Å². The maximum Gasteiger partial charge on any atom is 0.469 e. The Morgan fingerprint density at radius 3 is 3.05 bits per heavy atom. The minimum Gasteiger partial charge on any atom is -0.369 e. The van der Waals surface area contributed by atoms with E-state index in [4.69, 9.17) is 20.3 Å². The molecule has 3 rings (SSSR count). The van der Waals surface area contributed by atoms with Crippen LogP contribution in [0, 0.1) is 0 Å². The van der Waals surface area contributed by atoms with Gasteiger partial charge in [-0.05, 0) is 12.8 Å². The van der Waals surface area contributed by atoms with E-state index >= 15 is 0 Å². The highest BCUT2D eigenvalue weighted by Crippen LogP contribution is 2.38. The van der Waals surface area contributed by atoms with E-state index in [0.29, 0.717) is 18.5 Å². The minimum absolute atomic E-state index is 0.0290. The summed E-state index contributed by atoms with van der Waals surface area (Å²) in [5.74, 6) is -0.0290. The number of aromatic amines is 1. The van der Waals surface area contributed by atoms with E-state index < -0.39 is 25.7 Å². The van der Waals surface area contributed by atoms with E-state index in [2.05, 4.69) is 19.5 Å². The van der Waals surface area contributed by atoms with Crippen molar-refractivity contribution < 1.29 is 23.6 Å². The van der Waals surface area contributed by atoms with Crippen LogP contribution in [0.3, 0.4) is 0 Å². The zero-order valence-electron chi connectivity index (χ0n) is 11.2. The summed E-state index contributed by atoms with van der Waals surface area (Å²) >= 11 is 0. The Morgan fingerprint density at radius 2 is 2.32 bits per heavy atom. The molecule has 5 N–H and O–H groups in total. The first kappa shape index (κ1) is 15.1. The van der Waals surface area contributed by atoms with Gasteiger partial charge < -0.3 is 20.3 Å². The summed E-state index contributed by atoms with van der Waals surface area (Å²) < 4.78 is 22.3. The van der Waals surface area contributed by atoms with Crippen LogP contribution in [0.1, 0.15) is 19.1 Å². The van der Waals surface area contributed by atoms with E-state index in [1.165, 1.54) is 6.33 Å². The Labute approximate surface area is 123 Å². The number of ether oxygens (including phenoxy) is 1. The number of aromatic nitrogens is 4. The number of nitrogen functional groups attached to an aromatic ring is 1. The average Bonchev–Trinajstić information content (AvgIpc) is 3.01. The number of imidazole rings is 1. The Bertz CT molecular complexity index is 797. The zero-order chi connectivity index (χ0) is 15.9. The van der Waals surface area contributed by atoms with Crippen molar-refractivity contribution in [2.24, 2.45) is 0 Å². The quantitative estimate of drug-likeness (QED) is 0.539. The van der Waals surface area contributed by atoms with Crippen LogP contribution in [0.4, 0.5) is 5.95 Å². The highest BCUT2D eigenvalue weighted by Gasteiger charge is 2.30. The predicted molar refractivity (Wildman–Crippen MR) is 73.7 cm³/mol. The van der Waals surface area contributed by atoms with Crippen molar-refractivity contribution >= 4 is 24.9 Å². The van der Waals surface area contributed by atoms with E-state index in [1.54, 1.807) is 4.57 Å². The number of anilines is 1. The standard InChI is InChI=1S/C10H14N5O6P/c11-10-13-8-7(9(16)14-10)12-4-15(8)6-2-1-5(21-6)3-20-22(17,18)19/h4-6H,1-3H2,(H2,17,18,19)(H3,11,13,14,16)/t5-,6?/m0/s1. The number of nitrogens with one attached hydrogen (secondary N) is 1. The van der Waals surface area contributed by atoms with Gasteiger partial charge in [-0.1, -0.05) is 0 Å². The molecule has 1 aliphatic heterocycles. The average molecular weight is 331 g/mol. The van der Waals surface area contributed by atoms with Gasteiger partial charge in [-0.3, -0.25) is 18.9 Å². The van der Waals surface area contributed by atoms with Crippen LogP contribution in [0.5, 0.6) is 0 Å². The number of fused-ring (bicyclic) bond motifs is 1. The molecule has 3 heterocycles. The Balaban J connectivity index is 1.79. The van der Waals surface area contributed by atoms with Crippen LogP contribution in [0.15, 0.2) is 11.1 Å². The first-order valence-electron chi connectivity index (χ1n) is 6.41. The lowest BCUT2D eigenvalue weighted by atomic mass is 10.2. The number of hydrogen-bond acceptors (Lipinski definition) is 7. The maximum absolute atomic E-state index is 11.7. The molecule has 22 heavy (non-hydrogen) atoms. The smallest absolute Gasteiger partial charge is 0.369 e. The van der Waals surface area contributed by atoms with E-state index in [-0.39, 0.29) is 18.1 Å². The molecule has 0 aliphatic carbocycles. The van der Waals surface area contributed by atoms with Gasteiger partial charge in [0.05, 0.1) is 19.0 Å². The lowest BCUT2D eigenvalue weighted by molar-refractivity contribution is -0.0205. The zero-order valence-corrected chi connectivity index (χ0v) is 12.1. The second-order valence-electron chi connectivity index (χ2n) is 4.85. The maximum atomic E-state index is 11.7. The fourth-order valence-electron chi connectivity index (χ4n) is 2.35. The molecule has 120 valence electrons. The number of H-pyrrole nitrogens is 1. The summed E-state index contributed by atoms with van der Waals surface area (Å²) in [5.41, 5.74) is 5.52. The number of rotatable bonds is 4. The number of nitrogens with zero attached hydrogens (tertiary/aromatic N) is 3. The summed E-state index contributed by atoms with van der Waals surface area (Å²) in [6.07, 6.45) is 1.61. The molecule has 2 atom stereocenters. The van der Waals surface area contributed by atoms with Crippen molar-refractivity contribution in [1.29, 1.82) is 0 Å². The predicted octanol–water partition coefficient (Wildman–Crippen LogP) is -0.511. The molecule has 2 aromatic rings. The molecule has 0 saturated carbocycles. The molecule has 0 spiro atoms. The molecule has 2 aromatic heterocycles. The SMILES string of the molecule is Nc1nc2c(ncn2C2CC[C@@H](COP(=O)(O)O)O2)c(=O)[nH]1. The normalized spacial score (nSPS) is 22.5. The first-order valence-corrected chi connectivity index (χ1v) is 7.94. The monoisotopic (exact) mass is 331 g/mol. The Morgan fingerprint density at radius 1 is 1.55 bits per heavy atom. The molecule has 11 nitrogen and oxygen atoms in total. The van der Waals surface area contributed by atoms with Gasteiger partial charge in [0.1, 0.15) is 6.23 Å². The molecule has 1 unspecified atom stereocenters. The summed E-state index contributed by atoms with van der Waals surface area (Å²) in [7, 11) is -4.52. The molecule has 0 radical (unpaired) electrons. The Kier molecular flexibility index (Phi) is 3.75. The summed E-state index contributed by atoms with van der Waals surface area (Å²) in [5, 5.41) is 0. The first-order chi connectivity index (χ1) is 10.3. The molecule has 0 aromatic carbocycles. The van der Waals surface area contributed by atoms with Gasteiger partial charge in [-0.15, -0.1) is 0 Å². The molecule has 1 aliphatic rings. The highest BCUT2D eigenvalue weighted by atomic mass is 31.2. The van der Waals surface area contributed by atoms with Crippen molar-refractivity contribution in [3.63, 3.8) is 0 Å². The second-order valence-corrected chi connectivity index (χ2v) is 6.09. The van der Waals surface area contributed by atoms with Crippen LogP contribution < -0.4 is 11.3 Å². The van der Waals surface area contributed by atoms with Crippen molar-refractivity contribution in [2.75, 3.05) is 12.3 Å². The largest absolute Gasteiger partial charge is 0.469 e. The van der Waals surface area contributed by atoms with Crippen LogP contribution in [0.2, 0.25) is 0 Å². The minimum atomic E-state index is -4.52. The van der Waals surface area contributed by atoms with Crippen LogP contribution in [-0.4, -0.2) is 42.0 Å². The van der Waals surface area contributed by atoms with Crippen molar-refractivity contribution in [3.05, 3.63) is 16.7 Å². The van der Waals surface area contributed by atoms with Crippen LogP contribution in [-0.2, 0) is 13.8 Å². The fourth-order valence-corrected chi connectivity index (χ4v) is 2.71. The molecular weight excluding hydrogens is 317 g/mol. The number of phosphoric acid groups is 1. The van der Waals surface area contributed by atoms with Gasteiger partial charge >= 0.3 is 7.82 Å².